The van der Waals surface area contributed by atoms with Gasteiger partial charge in [0.1, 0.15) is 5.75 Å². The molecule has 0 unspecified atom stereocenters. The molecule has 0 fully saturated rings. The number of amides is 1. The maximum atomic E-state index is 11.9. The van der Waals surface area contributed by atoms with Crippen molar-refractivity contribution in [2.45, 2.75) is 0 Å². The molecule has 2 aromatic rings. The second-order valence-electron chi connectivity index (χ2n) is 4.43. The fourth-order valence-corrected chi connectivity index (χ4v) is 2.12. The molecule has 1 N–H and O–H groups in total. The number of carbonyl (C=O) groups excluding carboxylic acids is 1. The van der Waals surface area contributed by atoms with Gasteiger partial charge in [0.2, 0.25) is 0 Å². The minimum Gasteiger partial charge on any atom is -0.496 e. The quantitative estimate of drug-likeness (QED) is 0.693. The molecule has 1 heterocycles. The molecule has 5 heteroatoms. The highest BCUT2D eigenvalue weighted by molar-refractivity contribution is 6.53. The van der Waals surface area contributed by atoms with Gasteiger partial charge in [0.05, 0.1) is 19.0 Å². The van der Waals surface area contributed by atoms with Gasteiger partial charge in [-0.05, 0) is 18.2 Å². The summed E-state index contributed by atoms with van der Waals surface area (Å²) in [5, 5.41) is 10.8. The van der Waals surface area contributed by atoms with Gasteiger partial charge in [0.15, 0.2) is 5.71 Å². The number of nitrogens with one attached hydrogen (secondary N) is 1. The van der Waals surface area contributed by atoms with Crippen molar-refractivity contribution in [3.05, 3.63) is 59.7 Å². The third-order valence-electron chi connectivity index (χ3n) is 3.14. The Morgan fingerprint density at radius 3 is 2.71 bits per heavy atom. The molecular formula is C16H13N3O2. The van der Waals surface area contributed by atoms with E-state index in [1.165, 1.54) is 0 Å². The van der Waals surface area contributed by atoms with Crippen LogP contribution in [-0.4, -0.2) is 24.9 Å². The average Bonchev–Trinajstić information content (AvgIpc) is 2.84. The fraction of sp³-hybridized carbons (Fsp3) is 0.0625. The Bertz CT molecular complexity index is 751. The number of rotatable bonds is 3. The van der Waals surface area contributed by atoms with Crippen LogP contribution in [0.25, 0.3) is 0 Å². The number of hydrogen-bond donors (Lipinski definition) is 1. The van der Waals surface area contributed by atoms with Crippen molar-refractivity contribution < 1.29 is 9.53 Å². The predicted molar refractivity (Wildman–Crippen MR) is 82.2 cm³/mol. The van der Waals surface area contributed by atoms with Gasteiger partial charge in [-0.2, -0.15) is 5.10 Å². The van der Waals surface area contributed by atoms with Crippen LogP contribution >= 0.6 is 0 Å². The van der Waals surface area contributed by atoms with Crippen molar-refractivity contribution in [2.75, 3.05) is 12.4 Å². The molecule has 1 amide bonds. The summed E-state index contributed by atoms with van der Waals surface area (Å²) < 4.78 is 5.23. The fourth-order valence-electron chi connectivity index (χ4n) is 2.12. The van der Waals surface area contributed by atoms with E-state index < -0.39 is 0 Å². The maximum absolute atomic E-state index is 11.9. The summed E-state index contributed by atoms with van der Waals surface area (Å²) in [5.74, 6) is 0.464. The van der Waals surface area contributed by atoms with E-state index in [9.17, 15) is 4.79 Å². The minimum absolute atomic E-state index is 0.242. The molecule has 0 radical (unpaired) electrons. The van der Waals surface area contributed by atoms with Crippen LogP contribution in [0.2, 0.25) is 0 Å². The summed E-state index contributed by atoms with van der Waals surface area (Å²) in [6, 6.07) is 14.9. The topological polar surface area (TPSA) is 63.1 Å². The Morgan fingerprint density at radius 1 is 1.10 bits per heavy atom. The molecule has 2 aromatic carbocycles. The van der Waals surface area contributed by atoms with Crippen LogP contribution in [0, 0.1) is 0 Å². The first kappa shape index (κ1) is 13.1. The first-order valence-corrected chi connectivity index (χ1v) is 6.44. The molecule has 1 aliphatic heterocycles. The third kappa shape index (κ3) is 2.53. The standard InChI is InChI=1S/C16H13N3O2/c1-21-14-9-5-2-6-11(14)10-17-19-15-12-7-3-4-8-13(12)18-16(15)20/h2-10H,1H3,(H,18,19,20)/b17-10-. The first-order chi connectivity index (χ1) is 10.3. The molecule has 3 rings (SSSR count). The maximum Gasteiger partial charge on any atom is 0.276 e. The van der Waals surface area contributed by atoms with Gasteiger partial charge in [0, 0.05) is 11.1 Å². The molecule has 5 nitrogen and oxygen atoms in total. The third-order valence-corrected chi connectivity index (χ3v) is 3.14. The van der Waals surface area contributed by atoms with Crippen LogP contribution in [-0.2, 0) is 4.79 Å². The molecule has 21 heavy (non-hydrogen) atoms. The van der Waals surface area contributed by atoms with Crippen LogP contribution in [0.1, 0.15) is 11.1 Å². The Morgan fingerprint density at radius 2 is 1.86 bits per heavy atom. The second-order valence-corrected chi connectivity index (χ2v) is 4.43. The lowest BCUT2D eigenvalue weighted by Crippen LogP contribution is -2.13. The summed E-state index contributed by atoms with van der Waals surface area (Å²) >= 11 is 0. The Balaban J connectivity index is 1.90. The molecule has 0 saturated heterocycles. The van der Waals surface area contributed by atoms with Crippen molar-refractivity contribution in [2.24, 2.45) is 10.2 Å². The molecule has 0 bridgehead atoms. The first-order valence-electron chi connectivity index (χ1n) is 6.44. The lowest BCUT2D eigenvalue weighted by atomic mass is 10.1. The van der Waals surface area contributed by atoms with E-state index in [4.69, 9.17) is 4.74 Å². The van der Waals surface area contributed by atoms with Gasteiger partial charge in [-0.1, -0.05) is 30.3 Å². The molecular weight excluding hydrogens is 266 g/mol. The highest BCUT2D eigenvalue weighted by Gasteiger charge is 2.25. The van der Waals surface area contributed by atoms with Gasteiger partial charge in [-0.15, -0.1) is 5.10 Å². The van der Waals surface area contributed by atoms with Crippen LogP contribution in [0.3, 0.4) is 0 Å². The Labute approximate surface area is 122 Å². The molecule has 0 aromatic heterocycles. The summed E-state index contributed by atoms with van der Waals surface area (Å²) in [6.07, 6.45) is 1.57. The number of hydrogen-bond acceptors (Lipinski definition) is 4. The molecule has 0 spiro atoms. The van der Waals surface area contributed by atoms with Gasteiger partial charge < -0.3 is 10.1 Å². The van der Waals surface area contributed by atoms with E-state index in [-0.39, 0.29) is 5.91 Å². The van der Waals surface area contributed by atoms with Gasteiger partial charge in [-0.25, -0.2) is 0 Å². The lowest BCUT2D eigenvalue weighted by Gasteiger charge is -2.01. The number of nitrogens with zero attached hydrogens (tertiary/aromatic N) is 2. The highest BCUT2D eigenvalue weighted by Crippen LogP contribution is 2.22. The molecule has 1 aliphatic rings. The predicted octanol–water partition coefficient (Wildman–Crippen LogP) is 2.47. The lowest BCUT2D eigenvalue weighted by molar-refractivity contribution is -0.110. The van der Waals surface area contributed by atoms with Crippen molar-refractivity contribution in [3.63, 3.8) is 0 Å². The van der Waals surface area contributed by atoms with Gasteiger partial charge >= 0.3 is 0 Å². The number of carbonyl (C=O) groups is 1. The summed E-state index contributed by atoms with van der Waals surface area (Å²) in [4.78, 5) is 11.9. The largest absolute Gasteiger partial charge is 0.496 e. The van der Waals surface area contributed by atoms with E-state index in [1.807, 2.05) is 48.5 Å². The zero-order valence-corrected chi connectivity index (χ0v) is 11.4. The number of para-hydroxylation sites is 2. The highest BCUT2D eigenvalue weighted by atomic mass is 16.5. The van der Waals surface area contributed by atoms with E-state index in [2.05, 4.69) is 15.5 Å². The Hall–Kier alpha value is -2.95. The Kier molecular flexibility index (Phi) is 3.47. The zero-order chi connectivity index (χ0) is 14.7. The number of benzene rings is 2. The number of ether oxygens (including phenoxy) is 1. The van der Waals surface area contributed by atoms with Gasteiger partial charge in [-0.3, -0.25) is 4.79 Å². The minimum atomic E-state index is -0.242. The summed E-state index contributed by atoms with van der Waals surface area (Å²) in [5.41, 5.74) is 2.64. The second kappa shape index (κ2) is 5.58. The average molecular weight is 279 g/mol. The van der Waals surface area contributed by atoms with E-state index in [1.54, 1.807) is 13.3 Å². The molecule has 104 valence electrons. The number of methoxy groups -OCH3 is 1. The van der Waals surface area contributed by atoms with Crippen LogP contribution in [0.4, 0.5) is 5.69 Å². The SMILES string of the molecule is COc1ccccc1/C=N\N=C1/C(=O)Nc2ccccc21. The molecule has 0 aliphatic carbocycles. The monoisotopic (exact) mass is 279 g/mol. The molecule has 0 saturated carbocycles. The smallest absolute Gasteiger partial charge is 0.276 e. The van der Waals surface area contributed by atoms with Crippen molar-refractivity contribution in [1.82, 2.24) is 0 Å². The van der Waals surface area contributed by atoms with E-state index in [0.717, 1.165) is 16.8 Å². The van der Waals surface area contributed by atoms with Crippen molar-refractivity contribution in [1.29, 1.82) is 0 Å². The van der Waals surface area contributed by atoms with Crippen LogP contribution < -0.4 is 10.1 Å². The van der Waals surface area contributed by atoms with Gasteiger partial charge in [0.25, 0.3) is 5.91 Å². The zero-order valence-electron chi connectivity index (χ0n) is 11.4. The van der Waals surface area contributed by atoms with Crippen LogP contribution in [0.5, 0.6) is 5.75 Å². The van der Waals surface area contributed by atoms with E-state index in [0.29, 0.717) is 11.5 Å². The van der Waals surface area contributed by atoms with Crippen molar-refractivity contribution in [3.8, 4) is 5.75 Å². The summed E-state index contributed by atoms with van der Waals surface area (Å²) in [6.45, 7) is 0. The normalized spacial score (nSPS) is 15.3. The van der Waals surface area contributed by atoms with Crippen molar-refractivity contribution >= 4 is 23.5 Å². The van der Waals surface area contributed by atoms with E-state index >= 15 is 0 Å². The molecule has 0 atom stereocenters. The summed E-state index contributed by atoms with van der Waals surface area (Å²) in [7, 11) is 1.60. The number of anilines is 1. The van der Waals surface area contributed by atoms with Crippen LogP contribution in [0.15, 0.2) is 58.7 Å². The number of fused-ring (bicyclic) bond motifs is 1.